The highest BCUT2D eigenvalue weighted by atomic mass is 19.4. The van der Waals surface area contributed by atoms with Crippen LogP contribution in [-0.4, -0.2) is 22.9 Å². The number of aromatic nitrogens is 1. The molecule has 2 N–H and O–H groups in total. The average Bonchev–Trinajstić information content (AvgIpc) is 3.18. The van der Waals surface area contributed by atoms with E-state index in [1.54, 1.807) is 24.4 Å². The van der Waals surface area contributed by atoms with Gasteiger partial charge in [-0.15, -0.1) is 0 Å². The van der Waals surface area contributed by atoms with Crippen molar-refractivity contribution in [2.24, 2.45) is 5.92 Å². The topological polar surface area (TPSA) is 54.1 Å². The van der Waals surface area contributed by atoms with Gasteiger partial charge < -0.3 is 15.0 Å². The predicted molar refractivity (Wildman–Crippen MR) is 108 cm³/mol. The van der Waals surface area contributed by atoms with Crippen LogP contribution in [0.25, 0.3) is 10.9 Å². The lowest BCUT2D eigenvalue weighted by Gasteiger charge is -2.35. The van der Waals surface area contributed by atoms with Crippen LogP contribution in [-0.2, 0) is 11.0 Å². The number of hydrogen-bond acceptors (Lipinski definition) is 2. The van der Waals surface area contributed by atoms with E-state index in [4.69, 9.17) is 4.74 Å². The zero-order chi connectivity index (χ0) is 22.7. The Balaban J connectivity index is 1.21. The summed E-state index contributed by atoms with van der Waals surface area (Å²) >= 11 is 0. The monoisotopic (exact) mass is 450 g/mol. The van der Waals surface area contributed by atoms with Crippen molar-refractivity contribution < 1.29 is 31.5 Å². The zero-order valence-corrected chi connectivity index (χ0v) is 16.7. The van der Waals surface area contributed by atoms with E-state index in [9.17, 15) is 26.7 Å². The Morgan fingerprint density at radius 1 is 1.09 bits per heavy atom. The summed E-state index contributed by atoms with van der Waals surface area (Å²) in [4.78, 5) is 15.0. The minimum Gasteiger partial charge on any atom is -0.490 e. The Morgan fingerprint density at radius 2 is 1.78 bits per heavy atom. The van der Waals surface area contributed by atoms with Crippen molar-refractivity contribution in [2.45, 2.75) is 43.4 Å². The number of fused-ring (bicyclic) bond motifs is 1. The third-order valence-electron chi connectivity index (χ3n) is 6.16. The fourth-order valence-corrected chi connectivity index (χ4v) is 4.06. The molecule has 1 amide bonds. The number of alkyl halides is 5. The van der Waals surface area contributed by atoms with Crippen molar-refractivity contribution in [1.29, 1.82) is 0 Å². The van der Waals surface area contributed by atoms with Crippen molar-refractivity contribution in [1.82, 2.24) is 4.98 Å². The van der Waals surface area contributed by atoms with Gasteiger partial charge in [0.05, 0.1) is 17.4 Å². The Bertz CT molecular complexity index is 1160. The summed E-state index contributed by atoms with van der Waals surface area (Å²) in [7, 11) is 0. The molecular weight excluding hydrogens is 431 g/mol. The first-order valence-electron chi connectivity index (χ1n) is 10.2. The first-order valence-corrected chi connectivity index (χ1v) is 10.2. The smallest absolute Gasteiger partial charge is 0.416 e. The zero-order valence-electron chi connectivity index (χ0n) is 16.7. The highest BCUT2D eigenvalue weighted by molar-refractivity contribution is 6.03. The molecule has 0 saturated heterocycles. The summed E-state index contributed by atoms with van der Waals surface area (Å²) in [5.41, 5.74) is 1.32. The van der Waals surface area contributed by atoms with Crippen molar-refractivity contribution in [2.75, 3.05) is 5.32 Å². The second kappa shape index (κ2) is 7.21. The number of ether oxygens (including phenoxy) is 1. The van der Waals surface area contributed by atoms with E-state index in [2.05, 4.69) is 10.3 Å². The Kier molecular flexibility index (Phi) is 4.69. The van der Waals surface area contributed by atoms with E-state index in [0.717, 1.165) is 23.2 Å². The lowest BCUT2D eigenvalue weighted by atomic mass is 9.77. The second-order valence-electron chi connectivity index (χ2n) is 8.44. The van der Waals surface area contributed by atoms with Crippen LogP contribution >= 0.6 is 0 Å². The molecule has 2 aliphatic carbocycles. The van der Waals surface area contributed by atoms with E-state index in [1.807, 2.05) is 0 Å². The molecule has 0 aliphatic heterocycles. The molecule has 1 aromatic heterocycles. The van der Waals surface area contributed by atoms with Gasteiger partial charge in [0, 0.05) is 23.5 Å². The number of anilines is 1. The van der Waals surface area contributed by atoms with Gasteiger partial charge in [0.25, 0.3) is 5.92 Å². The van der Waals surface area contributed by atoms with Crippen molar-refractivity contribution in [3.05, 3.63) is 59.8 Å². The maximum Gasteiger partial charge on any atom is 0.416 e. The van der Waals surface area contributed by atoms with E-state index in [1.165, 1.54) is 12.1 Å². The number of H-pyrrole nitrogens is 1. The molecule has 2 saturated carbocycles. The normalized spacial score (nSPS) is 24.1. The highest BCUT2D eigenvalue weighted by Crippen LogP contribution is 2.49. The number of rotatable bonds is 5. The molecule has 5 rings (SSSR count). The molecule has 4 nitrogen and oxygen atoms in total. The summed E-state index contributed by atoms with van der Waals surface area (Å²) in [5.74, 6) is -4.23. The van der Waals surface area contributed by atoms with Crippen molar-refractivity contribution in [3.8, 4) is 5.75 Å². The van der Waals surface area contributed by atoms with Gasteiger partial charge in [-0.3, -0.25) is 4.79 Å². The summed E-state index contributed by atoms with van der Waals surface area (Å²) in [5, 5.41) is 3.20. The van der Waals surface area contributed by atoms with Crippen molar-refractivity contribution in [3.63, 3.8) is 0 Å². The van der Waals surface area contributed by atoms with E-state index < -0.39 is 35.9 Å². The number of halogens is 5. The summed E-state index contributed by atoms with van der Waals surface area (Å²) in [6.45, 7) is 0. The molecule has 0 spiro atoms. The van der Waals surface area contributed by atoms with E-state index >= 15 is 0 Å². The van der Waals surface area contributed by atoms with Gasteiger partial charge in [-0.05, 0) is 54.7 Å². The number of carbonyl (C=O) groups is 1. The Morgan fingerprint density at radius 3 is 2.41 bits per heavy atom. The van der Waals surface area contributed by atoms with Gasteiger partial charge in [-0.2, -0.15) is 13.2 Å². The maximum absolute atomic E-state index is 13.1. The van der Waals surface area contributed by atoms with E-state index in [0.29, 0.717) is 29.7 Å². The third-order valence-corrected chi connectivity index (χ3v) is 6.16. The lowest BCUT2D eigenvalue weighted by Crippen LogP contribution is -2.32. The first kappa shape index (κ1) is 20.8. The SMILES string of the molecule is O=C(Nc1c[nH]c2ccc(O[C@H]3C[C@H](c4ccc(C(F)(F)F)cc4)C3)cc12)C1CC1(F)F. The van der Waals surface area contributed by atoms with Crippen LogP contribution in [0.5, 0.6) is 5.75 Å². The molecule has 32 heavy (non-hydrogen) atoms. The molecule has 1 atom stereocenters. The predicted octanol–water partition coefficient (Wildman–Crippen LogP) is 6.11. The van der Waals surface area contributed by atoms with Gasteiger partial charge >= 0.3 is 6.18 Å². The fourth-order valence-electron chi connectivity index (χ4n) is 4.06. The number of hydrogen-bond donors (Lipinski definition) is 2. The summed E-state index contributed by atoms with van der Waals surface area (Å²) in [6, 6.07) is 10.5. The van der Waals surface area contributed by atoms with E-state index in [-0.39, 0.29) is 12.0 Å². The average molecular weight is 450 g/mol. The summed E-state index contributed by atoms with van der Waals surface area (Å²) in [6.07, 6.45) is -1.96. The molecule has 1 unspecified atom stereocenters. The minimum atomic E-state index is -4.35. The van der Waals surface area contributed by atoms with Gasteiger partial charge in [0.15, 0.2) is 0 Å². The van der Waals surface area contributed by atoms with Gasteiger partial charge in [-0.1, -0.05) is 12.1 Å². The van der Waals surface area contributed by atoms with Crippen LogP contribution in [0.15, 0.2) is 48.7 Å². The van der Waals surface area contributed by atoms with Crippen LogP contribution in [0, 0.1) is 5.92 Å². The molecule has 9 heteroatoms. The molecule has 1 heterocycles. The van der Waals surface area contributed by atoms with Crippen LogP contribution in [0.2, 0.25) is 0 Å². The van der Waals surface area contributed by atoms with Gasteiger partial charge in [0.1, 0.15) is 11.7 Å². The largest absolute Gasteiger partial charge is 0.490 e. The number of amides is 1. The molecule has 0 bridgehead atoms. The lowest BCUT2D eigenvalue weighted by molar-refractivity contribution is -0.137. The number of nitrogens with one attached hydrogen (secondary N) is 2. The van der Waals surface area contributed by atoms with Crippen molar-refractivity contribution >= 4 is 22.5 Å². The van der Waals surface area contributed by atoms with Crippen LogP contribution in [0.4, 0.5) is 27.6 Å². The third kappa shape index (κ3) is 3.91. The second-order valence-corrected chi connectivity index (χ2v) is 8.44. The molecular formula is C23H19F5N2O2. The first-order chi connectivity index (χ1) is 15.1. The standard InChI is InChI=1S/C23H19F5N2O2/c24-22(25)10-18(22)21(31)30-20-11-29-19-6-5-15(9-17(19)20)32-16-7-13(8-16)12-1-3-14(4-2-12)23(26,27)28/h1-6,9,11,13,16,18,29H,7-8,10H2,(H,30,31)/t13-,16-,18?. The van der Waals surface area contributed by atoms with Crippen LogP contribution < -0.4 is 10.1 Å². The Hall–Kier alpha value is -3.10. The quantitative estimate of drug-likeness (QED) is 0.461. The summed E-state index contributed by atoms with van der Waals surface area (Å²) < 4.78 is 70.4. The van der Waals surface area contributed by atoms with Crippen LogP contribution in [0.1, 0.15) is 36.3 Å². The maximum atomic E-state index is 13.1. The minimum absolute atomic E-state index is 0.0816. The molecule has 3 aromatic rings. The molecule has 0 radical (unpaired) electrons. The highest BCUT2D eigenvalue weighted by Gasteiger charge is 2.61. The Labute approximate surface area is 179 Å². The molecule has 2 aromatic carbocycles. The fraction of sp³-hybridized carbons (Fsp3) is 0.348. The molecule has 168 valence electrons. The number of benzene rings is 2. The number of aromatic amines is 1. The van der Waals surface area contributed by atoms with Crippen LogP contribution in [0.3, 0.4) is 0 Å². The molecule has 2 aliphatic rings. The number of carbonyl (C=O) groups excluding carboxylic acids is 1. The molecule has 2 fully saturated rings. The van der Waals surface area contributed by atoms with Gasteiger partial charge in [0.2, 0.25) is 5.91 Å². The van der Waals surface area contributed by atoms with Gasteiger partial charge in [-0.25, -0.2) is 8.78 Å².